The Morgan fingerprint density at radius 2 is 2.00 bits per heavy atom. The first-order valence-corrected chi connectivity index (χ1v) is 5.55. The van der Waals surface area contributed by atoms with E-state index in [1.807, 2.05) is 18.0 Å². The summed E-state index contributed by atoms with van der Waals surface area (Å²) in [5.74, 6) is 1.85. The van der Waals surface area contributed by atoms with Crippen molar-refractivity contribution in [3.05, 3.63) is 39.3 Å². The lowest BCUT2D eigenvalue weighted by atomic mass is 10.0. The number of nitrogens with one attached hydrogen (secondary N) is 1. The normalized spacial score (nSPS) is 10.3. The maximum atomic E-state index is 9.15. The third kappa shape index (κ3) is 2.66. The molecule has 0 aliphatic carbocycles. The Bertz CT molecular complexity index is 756. The summed E-state index contributed by atoms with van der Waals surface area (Å²) in [5.41, 5.74) is 5.94. The van der Waals surface area contributed by atoms with Gasteiger partial charge in [0.2, 0.25) is 0 Å². The van der Waals surface area contributed by atoms with Gasteiger partial charge >= 0.3 is 0 Å². The van der Waals surface area contributed by atoms with E-state index >= 15 is 0 Å². The van der Waals surface area contributed by atoms with Gasteiger partial charge in [-0.2, -0.15) is 15.8 Å². The van der Waals surface area contributed by atoms with Crippen LogP contribution in [0, 0.1) is 46.3 Å². The second-order valence-corrected chi connectivity index (χ2v) is 3.97. The van der Waals surface area contributed by atoms with Crippen molar-refractivity contribution in [2.24, 2.45) is 5.73 Å². The maximum absolute atomic E-state index is 9.15. The summed E-state index contributed by atoms with van der Waals surface area (Å²) in [5, 5.41) is 33.7. The summed E-state index contributed by atoms with van der Waals surface area (Å²) >= 11 is 5.86. The third-order valence-electron chi connectivity index (χ3n) is 2.43. The molecule has 0 unspecified atom stereocenters. The highest BCUT2D eigenvalue weighted by molar-refractivity contribution is 6.30. The van der Waals surface area contributed by atoms with Gasteiger partial charge in [-0.15, -0.1) is 0 Å². The molecule has 96 valence electrons. The minimum absolute atomic E-state index is 0.0552. The van der Waals surface area contributed by atoms with Crippen LogP contribution in [0.4, 0.5) is 0 Å². The van der Waals surface area contributed by atoms with E-state index < -0.39 is 0 Å². The number of rotatable bonds is 2. The molecule has 0 aliphatic rings. The Kier molecular flexibility index (Phi) is 4.62. The Labute approximate surface area is 120 Å². The fourth-order valence-electron chi connectivity index (χ4n) is 1.43. The lowest BCUT2D eigenvalue weighted by molar-refractivity contribution is 1.21. The van der Waals surface area contributed by atoms with Crippen LogP contribution in [-0.2, 0) is 0 Å². The fourth-order valence-corrected chi connectivity index (χ4v) is 1.71. The lowest BCUT2D eigenvalue weighted by Gasteiger charge is -2.06. The van der Waals surface area contributed by atoms with Gasteiger partial charge in [-0.1, -0.05) is 11.6 Å². The maximum Gasteiger partial charge on any atom is 0.147 e. The van der Waals surface area contributed by atoms with Crippen molar-refractivity contribution in [2.75, 3.05) is 0 Å². The first-order chi connectivity index (χ1) is 9.49. The van der Waals surface area contributed by atoms with Gasteiger partial charge in [-0.3, -0.25) is 5.41 Å². The number of aromatic nitrogens is 1. The van der Waals surface area contributed by atoms with Gasteiger partial charge in [0.1, 0.15) is 34.5 Å². The molecule has 20 heavy (non-hydrogen) atoms. The van der Waals surface area contributed by atoms with Crippen molar-refractivity contribution in [1.29, 1.82) is 21.2 Å². The number of halogens is 1. The number of hydrogen-bond acceptors (Lipinski definition) is 6. The zero-order valence-electron chi connectivity index (χ0n) is 10.3. The highest BCUT2D eigenvalue weighted by atomic mass is 35.5. The van der Waals surface area contributed by atoms with Crippen molar-refractivity contribution >= 4 is 23.0 Å². The highest BCUT2D eigenvalue weighted by Crippen LogP contribution is 2.23. The molecular weight excluding hydrogens is 276 g/mol. The van der Waals surface area contributed by atoms with Crippen molar-refractivity contribution in [3.63, 3.8) is 0 Å². The van der Waals surface area contributed by atoms with E-state index in [1.165, 1.54) is 6.07 Å². The number of nitriles is 3. The van der Waals surface area contributed by atoms with Crippen LogP contribution in [0.3, 0.4) is 0 Å². The van der Waals surface area contributed by atoms with E-state index in [1.54, 1.807) is 13.0 Å². The quantitative estimate of drug-likeness (QED) is 0.369. The van der Waals surface area contributed by atoms with Gasteiger partial charge in [0.15, 0.2) is 0 Å². The molecule has 0 atom stereocenters. The predicted octanol–water partition coefficient (Wildman–Crippen LogP) is 1.81. The molecule has 0 radical (unpaired) electrons. The molecule has 0 amide bonds. The molecule has 0 aromatic carbocycles. The van der Waals surface area contributed by atoms with Crippen molar-refractivity contribution in [2.45, 2.75) is 6.92 Å². The Balaban J connectivity index is 3.64. The molecule has 1 aromatic rings. The van der Waals surface area contributed by atoms with Crippen LogP contribution in [0.15, 0.2) is 17.3 Å². The van der Waals surface area contributed by atoms with Gasteiger partial charge in [-0.05, 0) is 24.4 Å². The van der Waals surface area contributed by atoms with Gasteiger partial charge < -0.3 is 5.73 Å². The first kappa shape index (κ1) is 15.0. The second kappa shape index (κ2) is 6.18. The molecule has 0 fully saturated rings. The number of pyridine rings is 1. The largest absolute Gasteiger partial charge is 0.396 e. The molecule has 7 heteroatoms. The standard InChI is InChI=1S/C13H7ClN6/c1-7-2-11(20-13(14)9(7)5-17)10(6-18)12(19)8(3-15)4-16/h2,15H,19H2,1H3. The number of nitrogens with zero attached hydrogens (tertiary/aromatic N) is 4. The molecule has 0 bridgehead atoms. The van der Waals surface area contributed by atoms with Crippen molar-refractivity contribution in [1.82, 2.24) is 4.98 Å². The molecule has 6 nitrogen and oxygen atoms in total. The molecule has 0 aliphatic heterocycles. The summed E-state index contributed by atoms with van der Waals surface area (Å²) in [7, 11) is 0. The number of allylic oxidation sites excluding steroid dienone is 2. The Morgan fingerprint density at radius 3 is 2.40 bits per heavy atom. The van der Waals surface area contributed by atoms with Crippen LogP contribution >= 0.6 is 11.6 Å². The minimum atomic E-state index is -0.276. The highest BCUT2D eigenvalue weighted by Gasteiger charge is 2.15. The smallest absolute Gasteiger partial charge is 0.147 e. The SMILES string of the molecule is Cc1cc(C(C#N)=C(N)C(=C=N)C#N)nc(Cl)c1C#N. The molecule has 1 heterocycles. The fraction of sp³-hybridized carbons (Fsp3) is 0.0769. The van der Waals surface area contributed by atoms with Crippen LogP contribution in [0.2, 0.25) is 5.15 Å². The van der Waals surface area contributed by atoms with Crippen LogP contribution in [0.25, 0.3) is 5.57 Å². The van der Waals surface area contributed by atoms with Crippen molar-refractivity contribution < 1.29 is 0 Å². The van der Waals surface area contributed by atoms with E-state index in [9.17, 15) is 0 Å². The number of hydrogen-bond donors (Lipinski definition) is 2. The first-order valence-electron chi connectivity index (χ1n) is 5.17. The second-order valence-electron chi connectivity index (χ2n) is 3.61. The molecule has 3 N–H and O–H groups in total. The molecule has 0 spiro atoms. The predicted molar refractivity (Wildman–Crippen MR) is 72.3 cm³/mol. The summed E-state index contributed by atoms with van der Waals surface area (Å²) in [6.45, 7) is 1.64. The van der Waals surface area contributed by atoms with Gasteiger partial charge in [0, 0.05) is 0 Å². The van der Waals surface area contributed by atoms with Gasteiger partial charge in [-0.25, -0.2) is 4.98 Å². The Hall–Kier alpha value is -3.10. The third-order valence-corrected chi connectivity index (χ3v) is 2.70. The molecule has 1 aromatic heterocycles. The van der Waals surface area contributed by atoms with Crippen LogP contribution in [0.1, 0.15) is 16.8 Å². The average molecular weight is 283 g/mol. The zero-order valence-corrected chi connectivity index (χ0v) is 11.1. The van der Waals surface area contributed by atoms with Crippen LogP contribution < -0.4 is 5.73 Å². The lowest BCUT2D eigenvalue weighted by Crippen LogP contribution is -2.06. The molecule has 0 saturated carbocycles. The zero-order chi connectivity index (χ0) is 15.3. The average Bonchev–Trinajstić information content (AvgIpc) is 2.40. The van der Waals surface area contributed by atoms with E-state index in [0.717, 1.165) is 0 Å². The molecular formula is C13H7ClN6. The molecule has 0 saturated heterocycles. The molecule has 1 rings (SSSR count). The Morgan fingerprint density at radius 1 is 1.35 bits per heavy atom. The van der Waals surface area contributed by atoms with Gasteiger partial charge in [0.05, 0.1) is 17.0 Å². The minimum Gasteiger partial charge on any atom is -0.396 e. The van der Waals surface area contributed by atoms with E-state index in [2.05, 4.69) is 4.98 Å². The van der Waals surface area contributed by atoms with Crippen LogP contribution in [-0.4, -0.2) is 10.9 Å². The van der Waals surface area contributed by atoms with Crippen molar-refractivity contribution in [3.8, 4) is 18.2 Å². The summed E-state index contributed by atoms with van der Waals surface area (Å²) in [6, 6.07) is 6.84. The van der Waals surface area contributed by atoms with E-state index in [0.29, 0.717) is 5.56 Å². The number of nitrogens with two attached hydrogens (primary N) is 1. The van der Waals surface area contributed by atoms with E-state index in [4.69, 9.17) is 38.5 Å². The summed E-state index contributed by atoms with van der Waals surface area (Å²) in [6.07, 6.45) is 0. The number of aryl methyl sites for hydroxylation is 1. The monoisotopic (exact) mass is 282 g/mol. The topological polar surface area (TPSA) is 134 Å². The summed E-state index contributed by atoms with van der Waals surface area (Å²) in [4.78, 5) is 3.92. The van der Waals surface area contributed by atoms with Gasteiger partial charge in [0.25, 0.3) is 0 Å². The van der Waals surface area contributed by atoms with E-state index in [-0.39, 0.29) is 33.3 Å². The van der Waals surface area contributed by atoms with Crippen LogP contribution in [0.5, 0.6) is 0 Å². The summed E-state index contributed by atoms with van der Waals surface area (Å²) < 4.78 is 0.